The van der Waals surface area contributed by atoms with Crippen LogP contribution >= 0.6 is 12.4 Å². The van der Waals surface area contributed by atoms with Crippen molar-refractivity contribution in [3.05, 3.63) is 47.6 Å². The molecule has 67 valence electrons. The van der Waals surface area contributed by atoms with Gasteiger partial charge in [-0.3, -0.25) is 0 Å². The van der Waals surface area contributed by atoms with Crippen LogP contribution < -0.4 is 0 Å². The van der Waals surface area contributed by atoms with Gasteiger partial charge in [-0.25, -0.2) is 0 Å². The molecule has 2 aliphatic carbocycles. The van der Waals surface area contributed by atoms with Crippen LogP contribution in [0.25, 0.3) is 0 Å². The predicted molar refractivity (Wildman–Crippen MR) is 54.7 cm³/mol. The van der Waals surface area contributed by atoms with Crippen molar-refractivity contribution >= 4 is 12.4 Å². The Bertz CT molecular complexity index is 267. The molecule has 2 rings (SSSR count). The van der Waals surface area contributed by atoms with Crippen molar-refractivity contribution in [1.29, 1.82) is 0 Å². The Balaban J connectivity index is 0.000000845. The third-order valence-corrected chi connectivity index (χ3v) is 3.50. The van der Waals surface area contributed by atoms with Gasteiger partial charge in [-0.2, -0.15) is 0 Å². The van der Waals surface area contributed by atoms with Crippen LogP contribution in [0.4, 0.5) is 0 Å². The van der Waals surface area contributed by atoms with E-state index in [2.05, 4.69) is 56.9 Å². The summed E-state index contributed by atoms with van der Waals surface area (Å²) in [7, 11) is 0. The SMILES string of the molecule is Cl.[Ti][CH](C1=CC=CC1)C1=CC=CC1. The van der Waals surface area contributed by atoms with Gasteiger partial charge < -0.3 is 0 Å². The molecule has 0 radical (unpaired) electrons. The molecule has 2 heteroatoms. The molecule has 0 bridgehead atoms. The fourth-order valence-electron chi connectivity index (χ4n) is 1.59. The minimum absolute atomic E-state index is 0. The number of hydrogen-bond acceptors (Lipinski definition) is 0. The Morgan fingerprint density at radius 2 is 1.46 bits per heavy atom. The van der Waals surface area contributed by atoms with E-state index in [1.807, 2.05) is 0 Å². The van der Waals surface area contributed by atoms with E-state index >= 15 is 0 Å². The molecular formula is C11H12ClTi. The van der Waals surface area contributed by atoms with Gasteiger partial charge in [0.05, 0.1) is 0 Å². The summed E-state index contributed by atoms with van der Waals surface area (Å²) < 4.78 is 0.648. The van der Waals surface area contributed by atoms with Crippen LogP contribution in [0.2, 0.25) is 4.22 Å². The van der Waals surface area contributed by atoms with Gasteiger partial charge in [0.2, 0.25) is 0 Å². The van der Waals surface area contributed by atoms with E-state index in [0.29, 0.717) is 4.22 Å². The van der Waals surface area contributed by atoms with Gasteiger partial charge >= 0.3 is 85.1 Å². The topological polar surface area (TPSA) is 0 Å². The van der Waals surface area contributed by atoms with Gasteiger partial charge in [0.15, 0.2) is 0 Å². The van der Waals surface area contributed by atoms with Crippen molar-refractivity contribution in [3.63, 3.8) is 0 Å². The summed E-state index contributed by atoms with van der Waals surface area (Å²) in [5.41, 5.74) is 3.12. The Kier molecular flexibility index (Phi) is 4.24. The molecule has 0 saturated carbocycles. The molecule has 0 aromatic rings. The van der Waals surface area contributed by atoms with Crippen molar-refractivity contribution in [2.24, 2.45) is 0 Å². The van der Waals surface area contributed by atoms with Crippen molar-refractivity contribution < 1.29 is 20.4 Å². The quantitative estimate of drug-likeness (QED) is 0.633. The van der Waals surface area contributed by atoms with E-state index in [4.69, 9.17) is 0 Å². The summed E-state index contributed by atoms with van der Waals surface area (Å²) in [6.45, 7) is 0. The summed E-state index contributed by atoms with van der Waals surface area (Å²) in [5.74, 6) is 0. The van der Waals surface area contributed by atoms with Crippen molar-refractivity contribution in [2.75, 3.05) is 0 Å². The zero-order chi connectivity index (χ0) is 8.39. The average Bonchev–Trinajstić information content (AvgIpc) is 2.77. The molecular weight excluding hydrogens is 215 g/mol. The second-order valence-electron chi connectivity index (χ2n) is 3.18. The van der Waals surface area contributed by atoms with Crippen LogP contribution in [0.1, 0.15) is 12.8 Å². The van der Waals surface area contributed by atoms with E-state index in [0.717, 1.165) is 12.8 Å². The first-order valence-electron chi connectivity index (χ1n) is 4.30. The monoisotopic (exact) mass is 227 g/mol. The molecule has 0 aromatic carbocycles. The summed E-state index contributed by atoms with van der Waals surface area (Å²) in [4.78, 5) is 0. The first kappa shape index (κ1) is 11.0. The molecule has 0 saturated heterocycles. The van der Waals surface area contributed by atoms with Gasteiger partial charge in [-0.15, -0.1) is 12.4 Å². The molecule has 0 amide bonds. The molecule has 0 fully saturated rings. The van der Waals surface area contributed by atoms with Crippen molar-refractivity contribution in [1.82, 2.24) is 0 Å². The van der Waals surface area contributed by atoms with Gasteiger partial charge in [-0.05, 0) is 0 Å². The molecule has 0 heterocycles. The Morgan fingerprint density at radius 1 is 1.00 bits per heavy atom. The molecule has 0 aliphatic heterocycles. The van der Waals surface area contributed by atoms with E-state index < -0.39 is 0 Å². The summed E-state index contributed by atoms with van der Waals surface area (Å²) in [5, 5.41) is 0. The zero-order valence-electron chi connectivity index (χ0n) is 7.36. The molecule has 0 atom stereocenters. The van der Waals surface area contributed by atoms with E-state index in [9.17, 15) is 0 Å². The van der Waals surface area contributed by atoms with Gasteiger partial charge in [-0.1, -0.05) is 0 Å². The van der Waals surface area contributed by atoms with Gasteiger partial charge in [0.25, 0.3) is 0 Å². The minimum atomic E-state index is 0. The number of hydrogen-bond donors (Lipinski definition) is 0. The Morgan fingerprint density at radius 3 is 1.77 bits per heavy atom. The van der Waals surface area contributed by atoms with E-state index in [1.54, 1.807) is 11.1 Å². The molecule has 2 aliphatic rings. The second kappa shape index (κ2) is 5.00. The van der Waals surface area contributed by atoms with Crippen LogP contribution in [0.15, 0.2) is 47.6 Å². The maximum absolute atomic E-state index is 2.30. The molecule has 0 spiro atoms. The van der Waals surface area contributed by atoms with Crippen LogP contribution in [-0.2, 0) is 20.4 Å². The normalized spacial score (nSPS) is 18.8. The van der Waals surface area contributed by atoms with Crippen LogP contribution in [0.5, 0.6) is 0 Å². The second-order valence-corrected chi connectivity index (χ2v) is 4.08. The Hall–Kier alpha value is -0.0357. The van der Waals surface area contributed by atoms with Gasteiger partial charge in [0.1, 0.15) is 0 Å². The van der Waals surface area contributed by atoms with Crippen molar-refractivity contribution in [2.45, 2.75) is 17.1 Å². The Labute approximate surface area is 97.3 Å². The van der Waals surface area contributed by atoms with E-state index in [-0.39, 0.29) is 12.4 Å². The summed E-state index contributed by atoms with van der Waals surface area (Å²) in [6, 6.07) is 0. The maximum atomic E-state index is 2.30. The third-order valence-electron chi connectivity index (χ3n) is 2.34. The van der Waals surface area contributed by atoms with Crippen LogP contribution in [0, 0.1) is 0 Å². The first-order chi connectivity index (χ1) is 5.88. The first-order valence-corrected chi connectivity index (χ1v) is 5.20. The average molecular weight is 228 g/mol. The zero-order valence-corrected chi connectivity index (χ0v) is 9.74. The predicted octanol–water partition coefficient (Wildman–Crippen LogP) is 3.52. The fraction of sp³-hybridized carbons (Fsp3) is 0.273. The number of halogens is 1. The van der Waals surface area contributed by atoms with Crippen molar-refractivity contribution in [3.8, 4) is 0 Å². The number of allylic oxidation sites excluding steroid dienone is 8. The molecule has 0 unspecified atom stereocenters. The summed E-state index contributed by atoms with van der Waals surface area (Å²) >= 11 is 2.30. The van der Waals surface area contributed by atoms with Gasteiger partial charge in [0, 0.05) is 0 Å². The standard InChI is InChI=1S/C11H11.ClH.Ti/c1-2-6-10(5-1)9-11-7-3-4-8-11;;/h1-5,7,9H,6,8H2;1H;. The van der Waals surface area contributed by atoms with E-state index in [1.165, 1.54) is 0 Å². The molecule has 13 heavy (non-hydrogen) atoms. The number of rotatable bonds is 2. The van der Waals surface area contributed by atoms with Crippen LogP contribution in [0.3, 0.4) is 0 Å². The molecule has 0 nitrogen and oxygen atoms in total. The molecule has 0 aromatic heterocycles. The third kappa shape index (κ3) is 2.46. The molecule has 0 N–H and O–H groups in total. The summed E-state index contributed by atoms with van der Waals surface area (Å²) in [6.07, 6.45) is 15.6. The van der Waals surface area contributed by atoms with Crippen LogP contribution in [-0.4, -0.2) is 0 Å². The fourth-order valence-corrected chi connectivity index (χ4v) is 2.26.